The molecular formula is C15H8N2O2. The maximum Gasteiger partial charge on any atom is 0.336 e. The van der Waals surface area contributed by atoms with Crippen molar-refractivity contribution in [3.8, 4) is 23.3 Å². The van der Waals surface area contributed by atoms with E-state index in [0.717, 1.165) is 0 Å². The largest absolute Gasteiger partial charge is 0.478 e. The van der Waals surface area contributed by atoms with Crippen molar-refractivity contribution < 1.29 is 9.90 Å². The van der Waals surface area contributed by atoms with Gasteiger partial charge in [-0.15, -0.1) is 0 Å². The lowest BCUT2D eigenvalue weighted by Crippen LogP contribution is -2.01. The summed E-state index contributed by atoms with van der Waals surface area (Å²) in [4.78, 5) is 11.2. The number of hydrogen-bond acceptors (Lipinski definition) is 3. The number of carboxylic acid groups (broad SMARTS) is 1. The Hall–Kier alpha value is -3.11. The molecule has 0 saturated heterocycles. The number of nitrogens with zero attached hydrogens (tertiary/aromatic N) is 2. The molecule has 2 aromatic rings. The lowest BCUT2D eigenvalue weighted by atomic mass is 9.94. The second-order valence-corrected chi connectivity index (χ2v) is 3.83. The summed E-state index contributed by atoms with van der Waals surface area (Å²) in [5, 5.41) is 27.2. The van der Waals surface area contributed by atoms with E-state index >= 15 is 0 Å². The van der Waals surface area contributed by atoms with E-state index in [1.165, 1.54) is 18.2 Å². The van der Waals surface area contributed by atoms with Crippen molar-refractivity contribution in [3.05, 3.63) is 59.2 Å². The zero-order valence-corrected chi connectivity index (χ0v) is 9.79. The Labute approximate surface area is 109 Å². The van der Waals surface area contributed by atoms with E-state index in [1.807, 2.05) is 12.1 Å². The summed E-state index contributed by atoms with van der Waals surface area (Å²) in [7, 11) is 0. The van der Waals surface area contributed by atoms with E-state index in [1.54, 1.807) is 24.3 Å². The minimum absolute atomic E-state index is 0.0710. The fourth-order valence-corrected chi connectivity index (χ4v) is 1.84. The molecule has 90 valence electrons. The van der Waals surface area contributed by atoms with Crippen molar-refractivity contribution in [2.24, 2.45) is 0 Å². The summed E-state index contributed by atoms with van der Waals surface area (Å²) in [5.74, 6) is -1.09. The highest BCUT2D eigenvalue weighted by atomic mass is 16.4. The molecule has 0 radical (unpaired) electrons. The van der Waals surface area contributed by atoms with Gasteiger partial charge in [-0.25, -0.2) is 4.79 Å². The van der Waals surface area contributed by atoms with Gasteiger partial charge in [-0.3, -0.25) is 0 Å². The van der Waals surface area contributed by atoms with Crippen molar-refractivity contribution in [2.45, 2.75) is 0 Å². The molecule has 0 aliphatic carbocycles. The highest BCUT2D eigenvalue weighted by Crippen LogP contribution is 2.28. The smallest absolute Gasteiger partial charge is 0.336 e. The first-order valence-electron chi connectivity index (χ1n) is 5.44. The molecule has 0 heterocycles. The molecule has 0 aliphatic rings. The van der Waals surface area contributed by atoms with E-state index in [2.05, 4.69) is 0 Å². The van der Waals surface area contributed by atoms with E-state index < -0.39 is 5.97 Å². The van der Waals surface area contributed by atoms with Gasteiger partial charge in [-0.1, -0.05) is 18.2 Å². The third-order valence-corrected chi connectivity index (χ3v) is 2.72. The van der Waals surface area contributed by atoms with Crippen LogP contribution in [-0.4, -0.2) is 11.1 Å². The monoisotopic (exact) mass is 248 g/mol. The standard InChI is InChI=1S/C15H8N2O2/c16-8-10-5-6-13(15(18)19)14(7-10)12-4-2-1-3-11(12)9-17/h1-7H,(H,18,19). The molecule has 4 nitrogen and oxygen atoms in total. The van der Waals surface area contributed by atoms with Crippen LogP contribution >= 0.6 is 0 Å². The predicted octanol–water partition coefficient (Wildman–Crippen LogP) is 2.80. The molecule has 0 saturated carbocycles. The van der Waals surface area contributed by atoms with Crippen LogP contribution in [0, 0.1) is 22.7 Å². The van der Waals surface area contributed by atoms with Crippen LogP contribution in [-0.2, 0) is 0 Å². The molecule has 0 aliphatic heterocycles. The molecule has 0 fully saturated rings. The Morgan fingerprint density at radius 2 is 1.74 bits per heavy atom. The topological polar surface area (TPSA) is 84.9 Å². The van der Waals surface area contributed by atoms with Crippen LogP contribution in [0.15, 0.2) is 42.5 Å². The Bertz CT molecular complexity index is 737. The summed E-state index contributed by atoms with van der Waals surface area (Å²) in [6.07, 6.45) is 0. The van der Waals surface area contributed by atoms with Gasteiger partial charge in [0, 0.05) is 5.56 Å². The van der Waals surface area contributed by atoms with Crippen molar-refractivity contribution in [2.75, 3.05) is 0 Å². The molecule has 0 atom stereocenters. The molecule has 2 aromatic carbocycles. The van der Waals surface area contributed by atoms with Crippen molar-refractivity contribution in [3.63, 3.8) is 0 Å². The van der Waals surface area contributed by atoms with Gasteiger partial charge < -0.3 is 5.11 Å². The van der Waals surface area contributed by atoms with Gasteiger partial charge in [-0.2, -0.15) is 10.5 Å². The maximum absolute atomic E-state index is 11.2. The minimum atomic E-state index is -1.09. The fraction of sp³-hybridized carbons (Fsp3) is 0. The normalized spacial score (nSPS) is 9.37. The fourth-order valence-electron chi connectivity index (χ4n) is 1.84. The van der Waals surface area contributed by atoms with Crippen LogP contribution in [0.2, 0.25) is 0 Å². The molecule has 0 amide bonds. The lowest BCUT2D eigenvalue weighted by molar-refractivity contribution is 0.0697. The Morgan fingerprint density at radius 1 is 1.00 bits per heavy atom. The van der Waals surface area contributed by atoms with E-state index in [-0.39, 0.29) is 5.56 Å². The van der Waals surface area contributed by atoms with Crippen LogP contribution in [0.5, 0.6) is 0 Å². The molecule has 1 N–H and O–H groups in total. The Morgan fingerprint density at radius 3 is 2.37 bits per heavy atom. The second-order valence-electron chi connectivity index (χ2n) is 3.83. The molecule has 0 bridgehead atoms. The van der Waals surface area contributed by atoms with Crippen molar-refractivity contribution in [1.82, 2.24) is 0 Å². The molecule has 0 aromatic heterocycles. The molecule has 0 unspecified atom stereocenters. The highest BCUT2D eigenvalue weighted by molar-refractivity contribution is 5.97. The van der Waals surface area contributed by atoms with Crippen molar-refractivity contribution >= 4 is 5.97 Å². The first-order chi connectivity index (χ1) is 9.17. The number of carboxylic acids is 1. The van der Waals surface area contributed by atoms with Crippen LogP contribution in [0.1, 0.15) is 21.5 Å². The van der Waals surface area contributed by atoms with Crippen LogP contribution in [0.25, 0.3) is 11.1 Å². The third kappa shape index (κ3) is 2.29. The summed E-state index contributed by atoms with van der Waals surface area (Å²) in [6.45, 7) is 0. The average molecular weight is 248 g/mol. The SMILES string of the molecule is N#Cc1ccc(C(=O)O)c(-c2ccccc2C#N)c1. The van der Waals surface area contributed by atoms with Gasteiger partial charge in [0.05, 0.1) is 28.8 Å². The Balaban J connectivity index is 2.77. The van der Waals surface area contributed by atoms with Gasteiger partial charge >= 0.3 is 5.97 Å². The summed E-state index contributed by atoms with van der Waals surface area (Å²) >= 11 is 0. The van der Waals surface area contributed by atoms with Crippen LogP contribution in [0.3, 0.4) is 0 Å². The zero-order chi connectivity index (χ0) is 13.8. The predicted molar refractivity (Wildman–Crippen MR) is 68.3 cm³/mol. The minimum Gasteiger partial charge on any atom is -0.478 e. The van der Waals surface area contributed by atoms with Gasteiger partial charge in [-0.05, 0) is 29.8 Å². The number of hydrogen-bond donors (Lipinski definition) is 1. The van der Waals surface area contributed by atoms with Gasteiger partial charge in [0.2, 0.25) is 0 Å². The average Bonchev–Trinajstić information content (AvgIpc) is 2.46. The molecule has 0 spiro atoms. The summed E-state index contributed by atoms with van der Waals surface area (Å²) in [6, 6.07) is 15.0. The van der Waals surface area contributed by atoms with Crippen molar-refractivity contribution in [1.29, 1.82) is 10.5 Å². The maximum atomic E-state index is 11.2. The van der Waals surface area contributed by atoms with Gasteiger partial charge in [0.25, 0.3) is 0 Å². The summed E-state index contributed by atoms with van der Waals surface area (Å²) < 4.78 is 0. The van der Waals surface area contributed by atoms with E-state index in [4.69, 9.17) is 10.5 Å². The molecule has 19 heavy (non-hydrogen) atoms. The number of rotatable bonds is 2. The second kappa shape index (κ2) is 5.03. The first kappa shape index (κ1) is 12.3. The first-order valence-corrected chi connectivity index (χ1v) is 5.44. The van der Waals surface area contributed by atoms with Gasteiger partial charge in [0.15, 0.2) is 0 Å². The number of carbonyl (C=O) groups is 1. The molecule has 4 heteroatoms. The van der Waals surface area contributed by atoms with Crippen LogP contribution in [0.4, 0.5) is 0 Å². The number of nitriles is 2. The lowest BCUT2D eigenvalue weighted by Gasteiger charge is -2.08. The number of benzene rings is 2. The van der Waals surface area contributed by atoms with Crippen LogP contribution < -0.4 is 0 Å². The third-order valence-electron chi connectivity index (χ3n) is 2.72. The quantitative estimate of drug-likeness (QED) is 0.885. The molecular weight excluding hydrogens is 240 g/mol. The van der Waals surface area contributed by atoms with E-state index in [0.29, 0.717) is 22.3 Å². The Kier molecular flexibility index (Phi) is 3.27. The summed E-state index contributed by atoms with van der Waals surface area (Å²) in [5.41, 5.74) is 1.69. The van der Waals surface area contributed by atoms with E-state index in [9.17, 15) is 9.90 Å². The van der Waals surface area contributed by atoms with Gasteiger partial charge in [0.1, 0.15) is 0 Å². The zero-order valence-electron chi connectivity index (χ0n) is 9.79. The highest BCUT2D eigenvalue weighted by Gasteiger charge is 2.14. The number of aromatic carboxylic acids is 1. The molecule has 2 rings (SSSR count).